The van der Waals surface area contributed by atoms with Crippen LogP contribution in [0.1, 0.15) is 15.9 Å². The van der Waals surface area contributed by atoms with Gasteiger partial charge in [-0.2, -0.15) is 13.2 Å². The first kappa shape index (κ1) is 15.0. The van der Waals surface area contributed by atoms with E-state index in [1.165, 1.54) is 12.1 Å². The smallest absolute Gasteiger partial charge is 0.322 e. The van der Waals surface area contributed by atoms with Gasteiger partial charge in [-0.3, -0.25) is 4.79 Å². The number of hydrogen-bond acceptors (Lipinski definition) is 1. The van der Waals surface area contributed by atoms with Crippen LogP contribution in [0.25, 0.3) is 0 Å². The van der Waals surface area contributed by atoms with Gasteiger partial charge in [-0.05, 0) is 42.5 Å². The number of carbonyl (C=O) groups is 1. The Hall–Kier alpha value is -2.44. The average Bonchev–Trinajstić information content (AvgIpc) is 2.40. The summed E-state index contributed by atoms with van der Waals surface area (Å²) in [4.78, 5) is 11.8. The molecular weight excluding hydrogens is 293 g/mol. The van der Waals surface area contributed by atoms with E-state index in [2.05, 4.69) is 5.32 Å². The van der Waals surface area contributed by atoms with E-state index < -0.39 is 29.3 Å². The molecule has 2 aromatic carbocycles. The molecule has 0 aromatic heterocycles. The number of amides is 1. The maximum absolute atomic E-state index is 13.1. The van der Waals surface area contributed by atoms with Crippen molar-refractivity contribution in [2.45, 2.75) is 6.18 Å². The molecule has 0 atom stereocenters. The summed E-state index contributed by atoms with van der Waals surface area (Å²) in [5, 5.41) is 2.19. The molecule has 2 rings (SSSR count). The van der Waals surface area contributed by atoms with Crippen molar-refractivity contribution in [1.82, 2.24) is 0 Å². The summed E-state index contributed by atoms with van der Waals surface area (Å²) in [6.45, 7) is 0. The zero-order valence-electron chi connectivity index (χ0n) is 10.3. The summed E-state index contributed by atoms with van der Waals surface area (Å²) in [5.41, 5.74) is -1.62. The van der Waals surface area contributed by atoms with Gasteiger partial charge in [-0.15, -0.1) is 0 Å². The van der Waals surface area contributed by atoms with Gasteiger partial charge in [0.15, 0.2) is 0 Å². The minimum Gasteiger partial charge on any atom is -0.322 e. The Labute approximate surface area is 116 Å². The SMILES string of the molecule is O=C(Nc1ccc(F)c(C(F)(F)F)c1)c1ccc(F)cc1. The van der Waals surface area contributed by atoms with E-state index in [0.29, 0.717) is 12.1 Å². The van der Waals surface area contributed by atoms with Gasteiger partial charge in [0, 0.05) is 11.3 Å². The van der Waals surface area contributed by atoms with Crippen molar-refractivity contribution in [2.24, 2.45) is 0 Å². The van der Waals surface area contributed by atoms with Crippen LogP contribution in [0.5, 0.6) is 0 Å². The molecule has 0 spiro atoms. The first-order valence-corrected chi connectivity index (χ1v) is 5.71. The molecular formula is C14H8F5NO. The minimum atomic E-state index is -4.86. The highest BCUT2D eigenvalue weighted by Gasteiger charge is 2.34. The topological polar surface area (TPSA) is 29.1 Å². The van der Waals surface area contributed by atoms with Gasteiger partial charge in [0.2, 0.25) is 0 Å². The molecule has 110 valence electrons. The van der Waals surface area contributed by atoms with Crippen LogP contribution in [-0.2, 0) is 6.18 Å². The molecule has 1 N–H and O–H groups in total. The van der Waals surface area contributed by atoms with Gasteiger partial charge in [0.05, 0.1) is 5.56 Å². The summed E-state index contributed by atoms with van der Waals surface area (Å²) >= 11 is 0. The van der Waals surface area contributed by atoms with Gasteiger partial charge in [0.25, 0.3) is 5.91 Å². The maximum atomic E-state index is 13.1. The molecule has 1 amide bonds. The van der Waals surface area contributed by atoms with Crippen LogP contribution in [0.3, 0.4) is 0 Å². The highest BCUT2D eigenvalue weighted by molar-refractivity contribution is 6.04. The standard InChI is InChI=1S/C14H8F5NO/c15-9-3-1-8(2-4-9)13(21)20-10-5-6-12(16)11(7-10)14(17,18)19/h1-7H,(H,20,21). The summed E-state index contributed by atoms with van der Waals surface area (Å²) in [6.07, 6.45) is -4.86. The van der Waals surface area contributed by atoms with E-state index in [4.69, 9.17) is 0 Å². The second-order valence-electron chi connectivity index (χ2n) is 4.15. The lowest BCUT2D eigenvalue weighted by Crippen LogP contribution is -2.14. The van der Waals surface area contributed by atoms with Crippen LogP contribution in [0, 0.1) is 11.6 Å². The molecule has 21 heavy (non-hydrogen) atoms. The molecule has 0 fully saturated rings. The number of benzene rings is 2. The quantitative estimate of drug-likeness (QED) is 0.826. The third-order valence-electron chi connectivity index (χ3n) is 2.64. The zero-order valence-corrected chi connectivity index (χ0v) is 10.3. The fourth-order valence-corrected chi connectivity index (χ4v) is 1.62. The second kappa shape index (κ2) is 5.51. The predicted molar refractivity (Wildman–Crippen MR) is 65.8 cm³/mol. The molecule has 0 aliphatic heterocycles. The van der Waals surface area contributed by atoms with Crippen molar-refractivity contribution < 1.29 is 26.7 Å². The third-order valence-corrected chi connectivity index (χ3v) is 2.64. The number of anilines is 1. The van der Waals surface area contributed by atoms with Crippen LogP contribution >= 0.6 is 0 Å². The van der Waals surface area contributed by atoms with Gasteiger partial charge in [-0.25, -0.2) is 8.78 Å². The van der Waals surface area contributed by atoms with Crippen molar-refractivity contribution >= 4 is 11.6 Å². The summed E-state index contributed by atoms with van der Waals surface area (Å²) in [6, 6.07) is 6.56. The van der Waals surface area contributed by atoms with Crippen LogP contribution in [-0.4, -0.2) is 5.91 Å². The van der Waals surface area contributed by atoms with Gasteiger partial charge < -0.3 is 5.32 Å². The summed E-state index contributed by atoms with van der Waals surface area (Å²) in [5.74, 6) is -2.70. The molecule has 0 aliphatic carbocycles. The highest BCUT2D eigenvalue weighted by Crippen LogP contribution is 2.33. The molecule has 0 unspecified atom stereocenters. The van der Waals surface area contributed by atoms with Crippen LogP contribution in [0.4, 0.5) is 27.6 Å². The monoisotopic (exact) mass is 301 g/mol. The van der Waals surface area contributed by atoms with E-state index >= 15 is 0 Å². The fourth-order valence-electron chi connectivity index (χ4n) is 1.62. The molecule has 2 aromatic rings. The van der Waals surface area contributed by atoms with Crippen molar-refractivity contribution in [3.63, 3.8) is 0 Å². The maximum Gasteiger partial charge on any atom is 0.419 e. The molecule has 2 nitrogen and oxygen atoms in total. The molecule has 0 heterocycles. The number of alkyl halides is 3. The number of rotatable bonds is 2. The van der Waals surface area contributed by atoms with E-state index in [1.54, 1.807) is 0 Å². The average molecular weight is 301 g/mol. The molecule has 0 bridgehead atoms. The third kappa shape index (κ3) is 3.56. The molecule has 0 saturated heterocycles. The molecule has 0 saturated carbocycles. The van der Waals surface area contributed by atoms with E-state index in [1.807, 2.05) is 0 Å². The van der Waals surface area contributed by atoms with Crippen molar-refractivity contribution in [3.8, 4) is 0 Å². The number of nitrogens with one attached hydrogen (secondary N) is 1. The fraction of sp³-hybridized carbons (Fsp3) is 0.0714. The normalized spacial score (nSPS) is 11.3. The largest absolute Gasteiger partial charge is 0.419 e. The Morgan fingerprint density at radius 2 is 1.57 bits per heavy atom. The second-order valence-corrected chi connectivity index (χ2v) is 4.15. The first-order valence-electron chi connectivity index (χ1n) is 5.71. The Kier molecular flexibility index (Phi) is 3.93. The van der Waals surface area contributed by atoms with Crippen LogP contribution < -0.4 is 5.32 Å². The summed E-state index contributed by atoms with van der Waals surface area (Å²) in [7, 11) is 0. The molecule has 7 heteroatoms. The van der Waals surface area contributed by atoms with Gasteiger partial charge in [-0.1, -0.05) is 0 Å². The Bertz CT molecular complexity index is 664. The molecule has 0 radical (unpaired) electrons. The van der Waals surface area contributed by atoms with E-state index in [0.717, 1.165) is 18.2 Å². The lowest BCUT2D eigenvalue weighted by atomic mass is 10.1. The van der Waals surface area contributed by atoms with Crippen LogP contribution in [0.2, 0.25) is 0 Å². The first-order chi connectivity index (χ1) is 9.77. The van der Waals surface area contributed by atoms with Crippen molar-refractivity contribution in [3.05, 3.63) is 65.2 Å². The van der Waals surface area contributed by atoms with E-state index in [-0.39, 0.29) is 11.3 Å². The van der Waals surface area contributed by atoms with Crippen LogP contribution in [0.15, 0.2) is 42.5 Å². The number of hydrogen-bond donors (Lipinski definition) is 1. The van der Waals surface area contributed by atoms with E-state index in [9.17, 15) is 26.7 Å². The Morgan fingerprint density at radius 3 is 2.14 bits per heavy atom. The lowest BCUT2D eigenvalue weighted by Gasteiger charge is -2.11. The van der Waals surface area contributed by atoms with Gasteiger partial charge >= 0.3 is 6.18 Å². The Morgan fingerprint density at radius 1 is 0.952 bits per heavy atom. The number of carbonyl (C=O) groups excluding carboxylic acids is 1. The van der Waals surface area contributed by atoms with Crippen molar-refractivity contribution in [2.75, 3.05) is 5.32 Å². The van der Waals surface area contributed by atoms with Gasteiger partial charge in [0.1, 0.15) is 11.6 Å². The Balaban J connectivity index is 2.24. The predicted octanol–water partition coefficient (Wildman–Crippen LogP) is 4.24. The minimum absolute atomic E-state index is 0.0642. The lowest BCUT2D eigenvalue weighted by molar-refractivity contribution is -0.139. The zero-order chi connectivity index (χ0) is 15.6. The molecule has 0 aliphatic rings. The number of halogens is 5. The van der Waals surface area contributed by atoms with Crippen molar-refractivity contribution in [1.29, 1.82) is 0 Å². The highest BCUT2D eigenvalue weighted by atomic mass is 19.4. The summed E-state index contributed by atoms with van der Waals surface area (Å²) < 4.78 is 63.4.